The third kappa shape index (κ3) is 6.81. The first-order valence-corrected chi connectivity index (χ1v) is 10.7. The Bertz CT molecular complexity index is 705. The third-order valence-corrected chi connectivity index (χ3v) is 5.66. The number of ether oxygens (including phenoxy) is 1. The van der Waals surface area contributed by atoms with Gasteiger partial charge < -0.3 is 15.0 Å². The Labute approximate surface area is 174 Å². The minimum absolute atomic E-state index is 0.0298. The molecule has 1 aliphatic carbocycles. The summed E-state index contributed by atoms with van der Waals surface area (Å²) in [5.74, 6) is 0.468. The van der Waals surface area contributed by atoms with E-state index in [1.807, 2.05) is 6.92 Å². The van der Waals surface area contributed by atoms with Gasteiger partial charge >= 0.3 is 0 Å². The Morgan fingerprint density at radius 2 is 2.00 bits per heavy atom. The van der Waals surface area contributed by atoms with Crippen molar-refractivity contribution in [3.63, 3.8) is 0 Å². The minimum atomic E-state index is -0.437. The molecule has 5 nitrogen and oxygen atoms in total. The van der Waals surface area contributed by atoms with Gasteiger partial charge in [0.15, 0.2) is 5.78 Å². The summed E-state index contributed by atoms with van der Waals surface area (Å²) in [6.45, 7) is 7.75. The standard InChI is InChI=1S/C23H35FN2O3/c1-6-7-8-18-11-12-20(24)13-21(18)29-15(2)14-25-22(19-9-10-19)23(28)26(5)16(3)17(4)27/h11-13,15-16,19,22,25H,6-10,14H2,1-5H3/t15-,16-,22+/m1/s1. The number of hydrogen-bond donors (Lipinski definition) is 1. The smallest absolute Gasteiger partial charge is 0.240 e. The van der Waals surface area contributed by atoms with Crippen molar-refractivity contribution in [3.05, 3.63) is 29.6 Å². The molecule has 0 saturated heterocycles. The van der Waals surface area contributed by atoms with Crippen LogP contribution in [0.4, 0.5) is 4.39 Å². The summed E-state index contributed by atoms with van der Waals surface area (Å²) < 4.78 is 19.7. The Kier molecular flexibility index (Phi) is 8.62. The quantitative estimate of drug-likeness (QED) is 0.575. The van der Waals surface area contributed by atoms with Crippen LogP contribution in [0.2, 0.25) is 0 Å². The number of ketones is 1. The molecule has 1 amide bonds. The van der Waals surface area contributed by atoms with E-state index in [2.05, 4.69) is 12.2 Å². The number of nitrogens with one attached hydrogen (secondary N) is 1. The van der Waals surface area contributed by atoms with Crippen LogP contribution in [0.15, 0.2) is 18.2 Å². The lowest BCUT2D eigenvalue weighted by Gasteiger charge is -2.29. The van der Waals surface area contributed by atoms with E-state index >= 15 is 0 Å². The van der Waals surface area contributed by atoms with E-state index in [-0.39, 0.29) is 29.7 Å². The van der Waals surface area contributed by atoms with E-state index in [1.165, 1.54) is 24.0 Å². The molecule has 0 unspecified atom stereocenters. The van der Waals surface area contributed by atoms with Crippen LogP contribution < -0.4 is 10.1 Å². The summed E-state index contributed by atoms with van der Waals surface area (Å²) in [5.41, 5.74) is 1.00. The molecule has 1 aromatic rings. The minimum Gasteiger partial charge on any atom is -0.489 e. The molecule has 0 bridgehead atoms. The highest BCUT2D eigenvalue weighted by Crippen LogP contribution is 2.33. The van der Waals surface area contributed by atoms with Gasteiger partial charge in [-0.25, -0.2) is 4.39 Å². The van der Waals surface area contributed by atoms with Gasteiger partial charge in [0.2, 0.25) is 5.91 Å². The van der Waals surface area contributed by atoms with Crippen molar-refractivity contribution in [1.29, 1.82) is 0 Å². The van der Waals surface area contributed by atoms with Crippen LogP contribution in [-0.4, -0.2) is 48.4 Å². The number of halogens is 1. The maximum absolute atomic E-state index is 13.7. The van der Waals surface area contributed by atoms with Crippen LogP contribution in [-0.2, 0) is 16.0 Å². The molecule has 0 heterocycles. The van der Waals surface area contributed by atoms with Crippen molar-refractivity contribution < 1.29 is 18.7 Å². The monoisotopic (exact) mass is 406 g/mol. The second-order valence-corrected chi connectivity index (χ2v) is 8.24. The highest BCUT2D eigenvalue weighted by atomic mass is 19.1. The van der Waals surface area contributed by atoms with Crippen molar-refractivity contribution >= 4 is 11.7 Å². The average Bonchev–Trinajstić information content (AvgIpc) is 3.51. The van der Waals surface area contributed by atoms with Gasteiger partial charge in [0.25, 0.3) is 0 Å². The maximum Gasteiger partial charge on any atom is 0.240 e. The van der Waals surface area contributed by atoms with Crippen LogP contribution in [0.5, 0.6) is 5.75 Å². The van der Waals surface area contributed by atoms with E-state index < -0.39 is 6.04 Å². The molecular formula is C23H35FN2O3. The van der Waals surface area contributed by atoms with Crippen molar-refractivity contribution in [2.24, 2.45) is 5.92 Å². The predicted octanol–water partition coefficient (Wildman–Crippen LogP) is 3.74. The second-order valence-electron chi connectivity index (χ2n) is 8.24. The lowest BCUT2D eigenvalue weighted by molar-refractivity contribution is -0.139. The molecule has 1 N–H and O–H groups in total. The number of rotatable bonds is 12. The molecular weight excluding hydrogens is 371 g/mol. The van der Waals surface area contributed by atoms with E-state index in [0.717, 1.165) is 37.7 Å². The van der Waals surface area contributed by atoms with E-state index in [4.69, 9.17) is 4.74 Å². The van der Waals surface area contributed by atoms with Gasteiger partial charge in [0.05, 0.1) is 12.1 Å². The summed E-state index contributed by atoms with van der Waals surface area (Å²) >= 11 is 0. The summed E-state index contributed by atoms with van der Waals surface area (Å²) in [7, 11) is 1.68. The summed E-state index contributed by atoms with van der Waals surface area (Å²) in [6.07, 6.45) is 4.72. The number of benzene rings is 1. The van der Waals surface area contributed by atoms with Gasteiger partial charge in [-0.15, -0.1) is 0 Å². The van der Waals surface area contributed by atoms with Crippen molar-refractivity contribution in [2.45, 2.75) is 78.0 Å². The number of carbonyl (C=O) groups is 2. The highest BCUT2D eigenvalue weighted by Gasteiger charge is 2.38. The fourth-order valence-electron chi connectivity index (χ4n) is 3.33. The molecule has 0 spiro atoms. The zero-order chi connectivity index (χ0) is 21.6. The molecule has 1 aliphatic rings. The summed E-state index contributed by atoms with van der Waals surface area (Å²) in [5, 5.41) is 3.33. The Morgan fingerprint density at radius 3 is 2.59 bits per heavy atom. The molecule has 1 aromatic carbocycles. The van der Waals surface area contributed by atoms with Crippen LogP contribution in [0, 0.1) is 11.7 Å². The van der Waals surface area contributed by atoms with Gasteiger partial charge in [0.1, 0.15) is 17.7 Å². The van der Waals surface area contributed by atoms with Gasteiger partial charge in [-0.1, -0.05) is 19.4 Å². The predicted molar refractivity (Wildman–Crippen MR) is 113 cm³/mol. The second kappa shape index (κ2) is 10.7. The Hall–Kier alpha value is -1.95. The average molecular weight is 407 g/mol. The fourth-order valence-corrected chi connectivity index (χ4v) is 3.33. The lowest BCUT2D eigenvalue weighted by atomic mass is 10.1. The number of likely N-dealkylation sites (N-methyl/N-ethyl adjacent to an activating group) is 1. The molecule has 0 aliphatic heterocycles. The molecule has 1 saturated carbocycles. The van der Waals surface area contributed by atoms with Crippen LogP contribution >= 0.6 is 0 Å². The number of aryl methyl sites for hydroxylation is 1. The summed E-state index contributed by atoms with van der Waals surface area (Å²) in [4.78, 5) is 26.0. The number of amides is 1. The lowest BCUT2D eigenvalue weighted by Crippen LogP contribution is -2.52. The topological polar surface area (TPSA) is 58.6 Å². The van der Waals surface area contributed by atoms with Gasteiger partial charge in [-0.05, 0) is 64.0 Å². The van der Waals surface area contributed by atoms with Crippen molar-refractivity contribution in [1.82, 2.24) is 10.2 Å². The number of hydrogen-bond acceptors (Lipinski definition) is 4. The largest absolute Gasteiger partial charge is 0.489 e. The number of nitrogens with zero attached hydrogens (tertiary/aromatic N) is 1. The molecule has 3 atom stereocenters. The first-order chi connectivity index (χ1) is 13.7. The highest BCUT2D eigenvalue weighted by molar-refractivity contribution is 5.89. The first kappa shape index (κ1) is 23.3. The number of unbranched alkanes of at least 4 members (excludes halogenated alkanes) is 1. The molecule has 2 rings (SSSR count). The normalized spacial score (nSPS) is 16.8. The van der Waals surface area contributed by atoms with Crippen LogP contribution in [0.3, 0.4) is 0 Å². The first-order valence-electron chi connectivity index (χ1n) is 10.7. The van der Waals surface area contributed by atoms with E-state index in [1.54, 1.807) is 20.0 Å². The molecule has 29 heavy (non-hydrogen) atoms. The zero-order valence-electron chi connectivity index (χ0n) is 18.3. The molecule has 1 fully saturated rings. The molecule has 6 heteroatoms. The Balaban J connectivity index is 1.97. The van der Waals surface area contributed by atoms with Crippen molar-refractivity contribution in [2.75, 3.05) is 13.6 Å². The Morgan fingerprint density at radius 1 is 1.31 bits per heavy atom. The van der Waals surface area contributed by atoms with Crippen LogP contribution in [0.1, 0.15) is 58.9 Å². The number of carbonyl (C=O) groups excluding carboxylic acids is 2. The van der Waals surface area contributed by atoms with Gasteiger partial charge in [0, 0.05) is 19.7 Å². The van der Waals surface area contributed by atoms with Crippen LogP contribution in [0.25, 0.3) is 0 Å². The maximum atomic E-state index is 13.7. The fraction of sp³-hybridized carbons (Fsp3) is 0.652. The molecule has 0 aromatic heterocycles. The van der Waals surface area contributed by atoms with Gasteiger partial charge in [-0.3, -0.25) is 9.59 Å². The van der Waals surface area contributed by atoms with E-state index in [0.29, 0.717) is 18.2 Å². The third-order valence-electron chi connectivity index (χ3n) is 5.66. The SMILES string of the molecule is CCCCc1ccc(F)cc1O[C@H](C)CN[C@H](C(=O)N(C)[C@H](C)C(C)=O)C1CC1. The molecule has 162 valence electrons. The van der Waals surface area contributed by atoms with Gasteiger partial charge in [-0.2, -0.15) is 0 Å². The molecule has 0 radical (unpaired) electrons. The van der Waals surface area contributed by atoms with E-state index in [9.17, 15) is 14.0 Å². The zero-order valence-corrected chi connectivity index (χ0v) is 18.3. The summed E-state index contributed by atoms with van der Waals surface area (Å²) in [6, 6.07) is 3.93. The number of Topliss-reactive ketones (excluding diaryl/α,β-unsaturated/α-hetero) is 1. The van der Waals surface area contributed by atoms with Crippen molar-refractivity contribution in [3.8, 4) is 5.75 Å².